The lowest BCUT2D eigenvalue weighted by Crippen LogP contribution is -2.59. The smallest absolute Gasteiger partial charge is 0.191 e. The van der Waals surface area contributed by atoms with Gasteiger partial charge in [-0.25, -0.2) is 4.39 Å². The van der Waals surface area contributed by atoms with E-state index >= 15 is 0 Å². The molecule has 1 saturated heterocycles. The molecule has 2 atom stereocenters. The Morgan fingerprint density at radius 1 is 1.28 bits per heavy atom. The molecular weight excluding hydrogens is 369 g/mol. The van der Waals surface area contributed by atoms with E-state index in [1.54, 1.807) is 19.2 Å². The number of aromatic nitrogens is 1. The lowest BCUT2D eigenvalue weighted by molar-refractivity contribution is -0.0946. The Morgan fingerprint density at radius 3 is 2.69 bits per heavy atom. The molecule has 2 unspecified atom stereocenters. The average molecular weight is 404 g/mol. The summed E-state index contributed by atoms with van der Waals surface area (Å²) in [6.07, 6.45) is 3.23. The summed E-state index contributed by atoms with van der Waals surface area (Å²) < 4.78 is 19.4. The molecule has 29 heavy (non-hydrogen) atoms. The molecule has 3 rings (SSSR count). The molecule has 1 aliphatic heterocycles. The number of fused-ring (bicyclic) bond motifs is 1. The molecule has 0 aliphatic carbocycles. The number of aliphatic imine (C=N–C) groups is 1. The Bertz CT molecular complexity index is 837. The summed E-state index contributed by atoms with van der Waals surface area (Å²) in [7, 11) is 1.78. The lowest BCUT2D eigenvalue weighted by atomic mass is 10.00. The van der Waals surface area contributed by atoms with Crippen molar-refractivity contribution in [1.82, 2.24) is 20.5 Å². The maximum atomic E-state index is 13.5. The molecule has 160 valence electrons. The second-order valence-electron chi connectivity index (χ2n) is 8.58. The molecule has 0 spiro atoms. The zero-order valence-electron chi connectivity index (χ0n) is 18.2. The van der Waals surface area contributed by atoms with Gasteiger partial charge in [-0.3, -0.25) is 9.89 Å². The van der Waals surface area contributed by atoms with Gasteiger partial charge in [-0.2, -0.15) is 0 Å². The first-order valence-corrected chi connectivity index (χ1v) is 10.4. The summed E-state index contributed by atoms with van der Waals surface area (Å²) in [5.74, 6) is 0.566. The molecular formula is C22H34FN5O. The first-order chi connectivity index (χ1) is 13.8. The third-order valence-corrected chi connectivity index (χ3v) is 5.60. The highest BCUT2D eigenvalue weighted by atomic mass is 19.1. The minimum absolute atomic E-state index is 0.0156. The quantitative estimate of drug-likeness (QED) is 0.513. The molecule has 0 radical (unpaired) electrons. The summed E-state index contributed by atoms with van der Waals surface area (Å²) in [5.41, 5.74) is 2.04. The molecule has 1 aliphatic rings. The first kappa shape index (κ1) is 21.6. The minimum Gasteiger partial charge on any atom is -0.373 e. The van der Waals surface area contributed by atoms with Crippen molar-refractivity contribution < 1.29 is 9.13 Å². The van der Waals surface area contributed by atoms with Crippen molar-refractivity contribution in [2.45, 2.75) is 51.9 Å². The lowest BCUT2D eigenvalue weighted by Gasteiger charge is -2.45. The van der Waals surface area contributed by atoms with Crippen LogP contribution >= 0.6 is 0 Å². The zero-order valence-corrected chi connectivity index (χ0v) is 18.2. The number of hydrogen-bond acceptors (Lipinski definition) is 3. The Balaban J connectivity index is 1.50. The summed E-state index contributed by atoms with van der Waals surface area (Å²) in [6, 6.07) is 4.84. The Kier molecular flexibility index (Phi) is 6.80. The fourth-order valence-corrected chi connectivity index (χ4v) is 3.98. The molecule has 0 amide bonds. The SMILES string of the molecule is CN=C(NCCc1c[nH]c2ccc(F)cc12)NCC(C)(C)N1CC(C)OC(C)C1. The molecule has 2 aromatic rings. The van der Waals surface area contributed by atoms with Crippen molar-refractivity contribution in [3.8, 4) is 0 Å². The number of halogens is 1. The fourth-order valence-electron chi connectivity index (χ4n) is 3.98. The van der Waals surface area contributed by atoms with Crippen molar-refractivity contribution in [2.75, 3.05) is 33.2 Å². The maximum Gasteiger partial charge on any atom is 0.191 e. The Hall–Kier alpha value is -2.12. The maximum absolute atomic E-state index is 13.5. The standard InChI is InChI=1S/C22H34FN5O/c1-15-12-28(13-16(2)29-15)22(3,4)14-27-21(24-5)25-9-8-17-11-26-20-7-6-18(23)10-19(17)20/h6-7,10-11,15-16,26H,8-9,12-14H2,1-5H3,(H2,24,25,27). The van der Waals surface area contributed by atoms with Crippen LogP contribution in [0.1, 0.15) is 33.3 Å². The van der Waals surface area contributed by atoms with Crippen molar-refractivity contribution >= 4 is 16.9 Å². The molecule has 3 N–H and O–H groups in total. The third-order valence-electron chi connectivity index (χ3n) is 5.60. The van der Waals surface area contributed by atoms with E-state index in [1.165, 1.54) is 6.07 Å². The van der Waals surface area contributed by atoms with E-state index in [4.69, 9.17) is 4.74 Å². The first-order valence-electron chi connectivity index (χ1n) is 10.4. The van der Waals surface area contributed by atoms with Gasteiger partial charge in [-0.15, -0.1) is 0 Å². The highest BCUT2D eigenvalue weighted by Crippen LogP contribution is 2.21. The largest absolute Gasteiger partial charge is 0.373 e. The molecule has 0 saturated carbocycles. The number of hydrogen-bond donors (Lipinski definition) is 3. The van der Waals surface area contributed by atoms with E-state index < -0.39 is 0 Å². The van der Waals surface area contributed by atoms with Gasteiger partial charge in [-0.05, 0) is 57.9 Å². The van der Waals surface area contributed by atoms with Crippen LogP contribution in [0.4, 0.5) is 4.39 Å². The summed E-state index contributed by atoms with van der Waals surface area (Å²) in [6.45, 7) is 12.1. The van der Waals surface area contributed by atoms with Crippen LogP contribution in [0.5, 0.6) is 0 Å². The number of H-pyrrole nitrogens is 1. The number of ether oxygens (including phenoxy) is 1. The van der Waals surface area contributed by atoms with E-state index in [-0.39, 0.29) is 23.6 Å². The van der Waals surface area contributed by atoms with Crippen molar-refractivity contribution in [3.05, 3.63) is 35.8 Å². The number of rotatable bonds is 6. The van der Waals surface area contributed by atoms with Gasteiger partial charge in [0.05, 0.1) is 12.2 Å². The molecule has 0 bridgehead atoms. The van der Waals surface area contributed by atoms with Gasteiger partial charge in [0, 0.05) is 55.9 Å². The van der Waals surface area contributed by atoms with Gasteiger partial charge in [0.1, 0.15) is 5.82 Å². The minimum atomic E-state index is -0.210. The van der Waals surface area contributed by atoms with Gasteiger partial charge >= 0.3 is 0 Å². The van der Waals surface area contributed by atoms with Crippen LogP contribution in [0.2, 0.25) is 0 Å². The van der Waals surface area contributed by atoms with Crippen LogP contribution < -0.4 is 10.6 Å². The van der Waals surface area contributed by atoms with Crippen LogP contribution in [-0.2, 0) is 11.2 Å². The zero-order chi connectivity index (χ0) is 21.0. The Morgan fingerprint density at radius 2 is 2.00 bits per heavy atom. The summed E-state index contributed by atoms with van der Waals surface area (Å²) >= 11 is 0. The van der Waals surface area contributed by atoms with E-state index in [1.807, 2.05) is 6.20 Å². The Labute approximate surface area is 172 Å². The molecule has 6 nitrogen and oxygen atoms in total. The van der Waals surface area contributed by atoms with Gasteiger partial charge < -0.3 is 20.4 Å². The average Bonchev–Trinajstić information content (AvgIpc) is 3.06. The van der Waals surface area contributed by atoms with Gasteiger partial charge in [0.15, 0.2) is 5.96 Å². The molecule has 7 heteroatoms. The van der Waals surface area contributed by atoms with E-state index in [9.17, 15) is 4.39 Å². The monoisotopic (exact) mass is 403 g/mol. The van der Waals surface area contributed by atoms with Crippen LogP contribution in [0, 0.1) is 5.82 Å². The number of aromatic amines is 1. The van der Waals surface area contributed by atoms with E-state index in [2.05, 4.69) is 53.2 Å². The predicted molar refractivity (Wildman–Crippen MR) is 117 cm³/mol. The van der Waals surface area contributed by atoms with Gasteiger partial charge in [0.2, 0.25) is 0 Å². The summed E-state index contributed by atoms with van der Waals surface area (Å²) in [4.78, 5) is 10.0. The van der Waals surface area contributed by atoms with E-state index in [0.717, 1.165) is 55.0 Å². The van der Waals surface area contributed by atoms with Crippen molar-refractivity contribution in [2.24, 2.45) is 4.99 Å². The molecule has 1 aromatic carbocycles. The third kappa shape index (κ3) is 5.48. The van der Waals surface area contributed by atoms with Crippen molar-refractivity contribution in [3.63, 3.8) is 0 Å². The molecule has 1 aromatic heterocycles. The van der Waals surface area contributed by atoms with Crippen LogP contribution in [-0.4, -0.2) is 66.8 Å². The molecule has 2 heterocycles. The van der Waals surface area contributed by atoms with Crippen molar-refractivity contribution in [1.29, 1.82) is 0 Å². The highest BCUT2D eigenvalue weighted by molar-refractivity contribution is 5.83. The number of nitrogens with zero attached hydrogens (tertiary/aromatic N) is 2. The topological polar surface area (TPSA) is 64.7 Å². The second kappa shape index (κ2) is 9.13. The number of guanidine groups is 1. The number of benzene rings is 1. The number of nitrogens with one attached hydrogen (secondary N) is 3. The predicted octanol–water partition coefficient (Wildman–Crippen LogP) is 2.90. The normalized spacial score (nSPS) is 21.5. The van der Waals surface area contributed by atoms with Gasteiger partial charge in [-0.1, -0.05) is 0 Å². The van der Waals surface area contributed by atoms with Crippen LogP contribution in [0.15, 0.2) is 29.4 Å². The van der Waals surface area contributed by atoms with Crippen LogP contribution in [0.25, 0.3) is 10.9 Å². The highest BCUT2D eigenvalue weighted by Gasteiger charge is 2.33. The van der Waals surface area contributed by atoms with Crippen LogP contribution in [0.3, 0.4) is 0 Å². The second-order valence-corrected chi connectivity index (χ2v) is 8.58. The van der Waals surface area contributed by atoms with E-state index in [0.29, 0.717) is 0 Å². The summed E-state index contributed by atoms with van der Waals surface area (Å²) in [5, 5.41) is 7.76. The molecule has 1 fully saturated rings. The fraction of sp³-hybridized carbons (Fsp3) is 0.591. The number of morpholine rings is 1. The van der Waals surface area contributed by atoms with Gasteiger partial charge in [0.25, 0.3) is 0 Å².